The number of carbonyl (C=O) groups excluding carboxylic acids is 2. The molecule has 100 valence electrons. The predicted octanol–water partition coefficient (Wildman–Crippen LogP) is 1.44. The van der Waals surface area contributed by atoms with Crippen LogP contribution in [0.25, 0.3) is 6.08 Å². The number of amides is 2. The Bertz CT molecular complexity index is 505. The van der Waals surface area contributed by atoms with E-state index in [1.807, 2.05) is 4.90 Å². The van der Waals surface area contributed by atoms with Gasteiger partial charge in [0.1, 0.15) is 0 Å². The van der Waals surface area contributed by atoms with Gasteiger partial charge < -0.3 is 4.90 Å². The first kappa shape index (κ1) is 13.3. The van der Waals surface area contributed by atoms with Gasteiger partial charge in [0.15, 0.2) is 0 Å². The van der Waals surface area contributed by atoms with Crippen molar-refractivity contribution in [2.24, 2.45) is 0 Å². The van der Waals surface area contributed by atoms with E-state index in [0.29, 0.717) is 11.1 Å². The molecule has 1 aromatic rings. The third kappa shape index (κ3) is 3.20. The lowest BCUT2D eigenvalue weighted by Gasteiger charge is -2.16. The first-order valence-corrected chi connectivity index (χ1v) is 6.23. The van der Waals surface area contributed by atoms with Crippen molar-refractivity contribution in [3.8, 4) is 0 Å². The molecule has 2 amide bonds. The number of nitrogens with one attached hydrogen (secondary N) is 1. The average molecular weight is 260 g/mol. The van der Waals surface area contributed by atoms with E-state index < -0.39 is 5.91 Å². The molecule has 0 atom stereocenters. The van der Waals surface area contributed by atoms with Crippen molar-refractivity contribution in [1.82, 2.24) is 10.4 Å². The second-order valence-electron chi connectivity index (χ2n) is 4.40. The van der Waals surface area contributed by atoms with Gasteiger partial charge in [0, 0.05) is 24.7 Å². The molecule has 0 aliphatic carbocycles. The Labute approximate surface area is 111 Å². The Morgan fingerprint density at radius 2 is 1.89 bits per heavy atom. The number of hydrogen-bond donors (Lipinski definition) is 2. The van der Waals surface area contributed by atoms with Crippen molar-refractivity contribution in [2.75, 3.05) is 13.1 Å². The first-order valence-electron chi connectivity index (χ1n) is 6.23. The van der Waals surface area contributed by atoms with Gasteiger partial charge in [0.2, 0.25) is 0 Å². The molecule has 0 unspecified atom stereocenters. The normalized spacial score (nSPS) is 14.9. The van der Waals surface area contributed by atoms with Crippen LogP contribution in [0.2, 0.25) is 0 Å². The third-order valence-corrected chi connectivity index (χ3v) is 3.11. The molecule has 1 saturated heterocycles. The minimum atomic E-state index is -0.622. The molecule has 2 N–H and O–H groups in total. The van der Waals surface area contributed by atoms with Crippen molar-refractivity contribution >= 4 is 17.9 Å². The Balaban J connectivity index is 2.22. The van der Waals surface area contributed by atoms with Crippen LogP contribution in [0, 0.1) is 0 Å². The quantitative estimate of drug-likeness (QED) is 0.491. The number of hydroxylamine groups is 1. The summed E-state index contributed by atoms with van der Waals surface area (Å²) in [5.74, 6) is -0.634. The summed E-state index contributed by atoms with van der Waals surface area (Å²) in [7, 11) is 0. The molecular formula is C14H16N2O3. The third-order valence-electron chi connectivity index (χ3n) is 3.11. The Hall–Kier alpha value is -2.14. The molecular weight excluding hydrogens is 244 g/mol. The van der Waals surface area contributed by atoms with Gasteiger partial charge in [0.25, 0.3) is 11.8 Å². The van der Waals surface area contributed by atoms with Crippen LogP contribution in [0.15, 0.2) is 30.3 Å². The summed E-state index contributed by atoms with van der Waals surface area (Å²) >= 11 is 0. The number of likely N-dealkylation sites (tertiary alicyclic amines) is 1. The molecule has 1 aliphatic heterocycles. The topological polar surface area (TPSA) is 69.6 Å². The zero-order valence-corrected chi connectivity index (χ0v) is 10.5. The largest absolute Gasteiger partial charge is 0.339 e. The molecule has 0 spiro atoms. The minimum absolute atomic E-state index is 0.0119. The highest BCUT2D eigenvalue weighted by Gasteiger charge is 2.20. The van der Waals surface area contributed by atoms with Gasteiger partial charge in [-0.2, -0.15) is 0 Å². The van der Waals surface area contributed by atoms with E-state index in [9.17, 15) is 9.59 Å². The highest BCUT2D eigenvalue weighted by molar-refractivity contribution is 5.99. The number of hydrogen-bond acceptors (Lipinski definition) is 3. The van der Waals surface area contributed by atoms with Crippen molar-refractivity contribution in [3.63, 3.8) is 0 Å². The Kier molecular flexibility index (Phi) is 4.30. The molecule has 1 fully saturated rings. The SMILES string of the molecule is O=C(C=Cc1ccccc1C(=O)N1CCCC1)NO. The van der Waals surface area contributed by atoms with Gasteiger partial charge in [-0.25, -0.2) is 5.48 Å². The van der Waals surface area contributed by atoms with Gasteiger partial charge in [0.05, 0.1) is 0 Å². The van der Waals surface area contributed by atoms with Crippen LogP contribution in [0.4, 0.5) is 0 Å². The predicted molar refractivity (Wildman–Crippen MR) is 70.5 cm³/mol. The summed E-state index contributed by atoms with van der Waals surface area (Å²) in [5, 5.41) is 8.44. The molecule has 19 heavy (non-hydrogen) atoms. The highest BCUT2D eigenvalue weighted by atomic mass is 16.5. The van der Waals surface area contributed by atoms with E-state index in [-0.39, 0.29) is 5.91 Å². The van der Waals surface area contributed by atoms with E-state index in [4.69, 9.17) is 5.21 Å². The number of benzene rings is 1. The molecule has 5 nitrogen and oxygen atoms in total. The van der Waals surface area contributed by atoms with Crippen LogP contribution in [0.5, 0.6) is 0 Å². The molecule has 5 heteroatoms. The summed E-state index contributed by atoms with van der Waals surface area (Å²) in [6.07, 6.45) is 4.79. The maximum atomic E-state index is 12.3. The van der Waals surface area contributed by atoms with E-state index >= 15 is 0 Å². The molecule has 0 bridgehead atoms. The highest BCUT2D eigenvalue weighted by Crippen LogP contribution is 2.17. The lowest BCUT2D eigenvalue weighted by Crippen LogP contribution is -2.28. The molecule has 1 aromatic carbocycles. The number of carbonyl (C=O) groups is 2. The van der Waals surface area contributed by atoms with Crippen LogP contribution in [-0.4, -0.2) is 35.0 Å². The van der Waals surface area contributed by atoms with Crippen LogP contribution in [0.3, 0.4) is 0 Å². The summed E-state index contributed by atoms with van der Waals surface area (Å²) in [5.41, 5.74) is 2.76. The molecule has 0 saturated carbocycles. The van der Waals surface area contributed by atoms with Crippen molar-refractivity contribution < 1.29 is 14.8 Å². The maximum absolute atomic E-state index is 12.3. The van der Waals surface area contributed by atoms with E-state index in [1.54, 1.807) is 24.3 Å². The fourth-order valence-corrected chi connectivity index (χ4v) is 2.13. The number of nitrogens with zero attached hydrogens (tertiary/aromatic N) is 1. The summed E-state index contributed by atoms with van der Waals surface area (Å²) in [4.78, 5) is 25.1. The van der Waals surface area contributed by atoms with Gasteiger partial charge in [-0.1, -0.05) is 18.2 Å². The second-order valence-corrected chi connectivity index (χ2v) is 4.40. The van der Waals surface area contributed by atoms with E-state index in [0.717, 1.165) is 25.9 Å². The fraction of sp³-hybridized carbons (Fsp3) is 0.286. The van der Waals surface area contributed by atoms with Gasteiger partial charge in [-0.05, 0) is 30.5 Å². The molecule has 1 aliphatic rings. The van der Waals surface area contributed by atoms with Gasteiger partial charge in [-0.3, -0.25) is 14.8 Å². The standard InChI is InChI=1S/C14H16N2O3/c17-13(15-19)8-7-11-5-1-2-6-12(11)14(18)16-9-3-4-10-16/h1-2,5-8,19H,3-4,9-10H2,(H,15,17). The smallest absolute Gasteiger partial charge is 0.267 e. The zero-order valence-electron chi connectivity index (χ0n) is 10.5. The summed E-state index contributed by atoms with van der Waals surface area (Å²) in [6.45, 7) is 1.57. The summed E-state index contributed by atoms with van der Waals surface area (Å²) < 4.78 is 0. The van der Waals surface area contributed by atoms with Crippen molar-refractivity contribution in [2.45, 2.75) is 12.8 Å². The van der Waals surface area contributed by atoms with Crippen LogP contribution in [-0.2, 0) is 4.79 Å². The van der Waals surface area contributed by atoms with Crippen LogP contribution < -0.4 is 5.48 Å². The van der Waals surface area contributed by atoms with E-state index in [2.05, 4.69) is 0 Å². The molecule has 0 aromatic heterocycles. The fourth-order valence-electron chi connectivity index (χ4n) is 2.13. The van der Waals surface area contributed by atoms with Gasteiger partial charge >= 0.3 is 0 Å². The van der Waals surface area contributed by atoms with Crippen molar-refractivity contribution in [3.05, 3.63) is 41.5 Å². The Morgan fingerprint density at radius 1 is 1.21 bits per heavy atom. The Morgan fingerprint density at radius 3 is 2.58 bits per heavy atom. The maximum Gasteiger partial charge on any atom is 0.267 e. The monoisotopic (exact) mass is 260 g/mol. The second kappa shape index (κ2) is 6.15. The van der Waals surface area contributed by atoms with E-state index in [1.165, 1.54) is 17.6 Å². The lowest BCUT2D eigenvalue weighted by molar-refractivity contribution is -0.124. The number of rotatable bonds is 3. The molecule has 0 radical (unpaired) electrons. The van der Waals surface area contributed by atoms with Crippen LogP contribution in [0.1, 0.15) is 28.8 Å². The summed E-state index contributed by atoms with van der Waals surface area (Å²) in [6, 6.07) is 7.12. The van der Waals surface area contributed by atoms with Gasteiger partial charge in [-0.15, -0.1) is 0 Å². The first-order chi connectivity index (χ1) is 9.22. The molecule has 2 rings (SSSR count). The molecule has 1 heterocycles. The van der Waals surface area contributed by atoms with Crippen molar-refractivity contribution in [1.29, 1.82) is 0 Å². The minimum Gasteiger partial charge on any atom is -0.339 e. The lowest BCUT2D eigenvalue weighted by atomic mass is 10.1. The van der Waals surface area contributed by atoms with Crippen LogP contribution >= 0.6 is 0 Å². The zero-order chi connectivity index (χ0) is 13.7. The average Bonchev–Trinajstić information content (AvgIpc) is 2.98.